The second kappa shape index (κ2) is 7.67. The van der Waals surface area contributed by atoms with E-state index in [0.29, 0.717) is 11.8 Å². The van der Waals surface area contributed by atoms with Crippen LogP contribution in [-0.4, -0.2) is 38.3 Å². The van der Waals surface area contributed by atoms with Crippen molar-refractivity contribution in [1.29, 1.82) is 0 Å². The van der Waals surface area contributed by atoms with E-state index in [0.717, 1.165) is 39.1 Å². The lowest BCUT2D eigenvalue weighted by Crippen LogP contribution is -2.43. The van der Waals surface area contributed by atoms with Crippen LogP contribution in [0.1, 0.15) is 33.6 Å². The normalized spacial score (nSPS) is 21.8. The number of nitrogens with one attached hydrogen (secondary N) is 2. The molecule has 4 nitrogen and oxygen atoms in total. The van der Waals surface area contributed by atoms with Crippen LogP contribution in [0.2, 0.25) is 0 Å². The van der Waals surface area contributed by atoms with Crippen LogP contribution in [0.15, 0.2) is 0 Å². The monoisotopic (exact) mass is 242 g/mol. The summed E-state index contributed by atoms with van der Waals surface area (Å²) >= 11 is 0. The molecular formula is C13H26N2O2. The van der Waals surface area contributed by atoms with Crippen LogP contribution in [0.25, 0.3) is 0 Å². The van der Waals surface area contributed by atoms with Gasteiger partial charge in [0.25, 0.3) is 0 Å². The molecule has 1 heterocycles. The zero-order valence-electron chi connectivity index (χ0n) is 11.3. The Hall–Kier alpha value is -0.610. The van der Waals surface area contributed by atoms with E-state index in [9.17, 15) is 4.79 Å². The van der Waals surface area contributed by atoms with Crippen molar-refractivity contribution in [1.82, 2.24) is 10.6 Å². The first-order chi connectivity index (χ1) is 8.09. The van der Waals surface area contributed by atoms with E-state index in [1.165, 1.54) is 0 Å². The maximum absolute atomic E-state index is 11.7. The Labute approximate surface area is 104 Å². The summed E-state index contributed by atoms with van der Waals surface area (Å²) in [5, 5.41) is 6.20. The molecule has 2 unspecified atom stereocenters. The van der Waals surface area contributed by atoms with Gasteiger partial charge in [-0.1, -0.05) is 13.8 Å². The molecule has 1 rings (SSSR count). The van der Waals surface area contributed by atoms with Gasteiger partial charge in [-0.25, -0.2) is 0 Å². The molecule has 1 aliphatic heterocycles. The first kappa shape index (κ1) is 14.5. The van der Waals surface area contributed by atoms with Crippen molar-refractivity contribution < 1.29 is 9.53 Å². The Balaban J connectivity index is 2.06. The van der Waals surface area contributed by atoms with Gasteiger partial charge in [0.1, 0.15) is 0 Å². The molecule has 0 aromatic heterocycles. The lowest BCUT2D eigenvalue weighted by atomic mass is 10.1. The Kier molecular flexibility index (Phi) is 6.52. The van der Waals surface area contributed by atoms with Crippen molar-refractivity contribution in [3.8, 4) is 0 Å². The van der Waals surface area contributed by atoms with Crippen molar-refractivity contribution >= 4 is 5.91 Å². The van der Waals surface area contributed by atoms with Crippen LogP contribution in [0.4, 0.5) is 0 Å². The van der Waals surface area contributed by atoms with Gasteiger partial charge in [0.05, 0.1) is 6.04 Å². The van der Waals surface area contributed by atoms with Crippen molar-refractivity contribution in [2.45, 2.75) is 39.7 Å². The molecule has 0 aliphatic carbocycles. The third-order valence-electron chi connectivity index (χ3n) is 3.10. The Morgan fingerprint density at radius 1 is 1.41 bits per heavy atom. The average Bonchev–Trinajstić information content (AvgIpc) is 2.78. The molecule has 0 radical (unpaired) electrons. The summed E-state index contributed by atoms with van der Waals surface area (Å²) in [6.45, 7) is 9.54. The number of carbonyl (C=O) groups excluding carboxylic acids is 1. The highest BCUT2D eigenvalue weighted by molar-refractivity contribution is 5.81. The van der Waals surface area contributed by atoms with Gasteiger partial charge in [-0.05, 0) is 38.1 Å². The third-order valence-corrected chi connectivity index (χ3v) is 3.10. The van der Waals surface area contributed by atoms with Crippen molar-refractivity contribution in [3.63, 3.8) is 0 Å². The minimum absolute atomic E-state index is 0.0985. The number of amides is 1. The fourth-order valence-electron chi connectivity index (χ4n) is 1.87. The van der Waals surface area contributed by atoms with Gasteiger partial charge in [0, 0.05) is 19.8 Å². The Morgan fingerprint density at radius 3 is 2.76 bits per heavy atom. The zero-order valence-corrected chi connectivity index (χ0v) is 11.3. The molecule has 17 heavy (non-hydrogen) atoms. The topological polar surface area (TPSA) is 50.4 Å². The number of hydrogen-bond acceptors (Lipinski definition) is 3. The molecule has 0 spiro atoms. The quantitative estimate of drug-likeness (QED) is 0.704. The molecule has 2 N–H and O–H groups in total. The largest absolute Gasteiger partial charge is 0.381 e. The minimum atomic E-state index is -0.101. The number of hydrogen-bond donors (Lipinski definition) is 2. The van der Waals surface area contributed by atoms with Gasteiger partial charge in [-0.15, -0.1) is 0 Å². The lowest BCUT2D eigenvalue weighted by Gasteiger charge is -2.16. The molecule has 0 aromatic rings. The maximum atomic E-state index is 11.7. The van der Waals surface area contributed by atoms with Gasteiger partial charge >= 0.3 is 0 Å². The van der Waals surface area contributed by atoms with E-state index in [1.807, 2.05) is 6.92 Å². The van der Waals surface area contributed by atoms with Crippen molar-refractivity contribution in [3.05, 3.63) is 0 Å². The van der Waals surface area contributed by atoms with E-state index >= 15 is 0 Å². The highest BCUT2D eigenvalue weighted by Crippen LogP contribution is 2.15. The standard InChI is InChI=1S/C13H26N2O2/c1-10(2)8-15-13(16)11(3)14-6-4-12-5-7-17-9-12/h10-12,14H,4-9H2,1-3H3,(H,15,16). The highest BCUT2D eigenvalue weighted by atomic mass is 16.5. The summed E-state index contributed by atoms with van der Waals surface area (Å²) in [5.41, 5.74) is 0. The van der Waals surface area contributed by atoms with Crippen LogP contribution in [-0.2, 0) is 9.53 Å². The molecule has 0 aromatic carbocycles. The van der Waals surface area contributed by atoms with Gasteiger partial charge < -0.3 is 15.4 Å². The van der Waals surface area contributed by atoms with Crippen LogP contribution in [0.5, 0.6) is 0 Å². The van der Waals surface area contributed by atoms with Gasteiger partial charge in [0.15, 0.2) is 0 Å². The summed E-state index contributed by atoms with van der Waals surface area (Å²) in [7, 11) is 0. The highest BCUT2D eigenvalue weighted by Gasteiger charge is 2.16. The van der Waals surface area contributed by atoms with Crippen LogP contribution >= 0.6 is 0 Å². The van der Waals surface area contributed by atoms with E-state index in [2.05, 4.69) is 24.5 Å². The SMILES string of the molecule is CC(C)CNC(=O)C(C)NCCC1CCOC1. The lowest BCUT2D eigenvalue weighted by molar-refractivity contribution is -0.122. The molecule has 2 atom stereocenters. The molecule has 4 heteroatoms. The summed E-state index contributed by atoms with van der Waals surface area (Å²) in [5.74, 6) is 1.27. The molecule has 1 amide bonds. The average molecular weight is 242 g/mol. The van der Waals surface area contributed by atoms with E-state index < -0.39 is 0 Å². The van der Waals surface area contributed by atoms with Gasteiger partial charge in [-0.3, -0.25) is 4.79 Å². The van der Waals surface area contributed by atoms with Gasteiger partial charge in [-0.2, -0.15) is 0 Å². The predicted octanol–water partition coefficient (Wildman–Crippen LogP) is 1.16. The minimum Gasteiger partial charge on any atom is -0.381 e. The third kappa shape index (κ3) is 6.03. The molecule has 0 bridgehead atoms. The smallest absolute Gasteiger partial charge is 0.236 e. The van der Waals surface area contributed by atoms with Crippen LogP contribution < -0.4 is 10.6 Å². The fraction of sp³-hybridized carbons (Fsp3) is 0.923. The van der Waals surface area contributed by atoms with E-state index in [4.69, 9.17) is 4.74 Å². The number of rotatable bonds is 7. The van der Waals surface area contributed by atoms with Crippen LogP contribution in [0.3, 0.4) is 0 Å². The zero-order chi connectivity index (χ0) is 12.7. The van der Waals surface area contributed by atoms with Crippen LogP contribution in [0, 0.1) is 11.8 Å². The van der Waals surface area contributed by atoms with Gasteiger partial charge in [0.2, 0.25) is 5.91 Å². The first-order valence-electron chi connectivity index (χ1n) is 6.68. The first-order valence-corrected chi connectivity index (χ1v) is 6.68. The maximum Gasteiger partial charge on any atom is 0.236 e. The Morgan fingerprint density at radius 2 is 2.18 bits per heavy atom. The second-order valence-corrected chi connectivity index (χ2v) is 5.33. The predicted molar refractivity (Wildman–Crippen MR) is 68.9 cm³/mol. The van der Waals surface area contributed by atoms with Crippen molar-refractivity contribution in [2.75, 3.05) is 26.3 Å². The molecule has 0 saturated carbocycles. The summed E-state index contributed by atoms with van der Waals surface area (Å²) in [6.07, 6.45) is 2.26. The molecule has 1 fully saturated rings. The summed E-state index contributed by atoms with van der Waals surface area (Å²) in [6, 6.07) is -0.101. The second-order valence-electron chi connectivity index (χ2n) is 5.33. The molecular weight excluding hydrogens is 216 g/mol. The number of ether oxygens (including phenoxy) is 1. The Bertz CT molecular complexity index is 225. The number of carbonyl (C=O) groups is 1. The molecule has 1 aliphatic rings. The fourth-order valence-corrected chi connectivity index (χ4v) is 1.87. The van der Waals surface area contributed by atoms with E-state index in [-0.39, 0.29) is 11.9 Å². The van der Waals surface area contributed by atoms with Crippen molar-refractivity contribution in [2.24, 2.45) is 11.8 Å². The summed E-state index contributed by atoms with van der Waals surface area (Å²) < 4.78 is 5.32. The summed E-state index contributed by atoms with van der Waals surface area (Å²) in [4.78, 5) is 11.7. The molecule has 100 valence electrons. The van der Waals surface area contributed by atoms with E-state index in [1.54, 1.807) is 0 Å². The molecule has 1 saturated heterocycles.